The third-order valence-electron chi connectivity index (χ3n) is 5.84. The highest BCUT2D eigenvalue weighted by Crippen LogP contribution is 2.26. The molecule has 0 aromatic carbocycles. The Bertz CT molecular complexity index is 1050. The van der Waals surface area contributed by atoms with Crippen molar-refractivity contribution in [3.63, 3.8) is 0 Å². The predicted molar refractivity (Wildman–Crippen MR) is 128 cm³/mol. The SMILES string of the molecule is CC.Cc1ccc(C(=O)NC2CCN(c3nc4ncnc(N5CCOCC5)c4[nH]3)CC2)nc1. The summed E-state index contributed by atoms with van der Waals surface area (Å²) in [5.41, 5.74) is 3.03. The zero-order valence-corrected chi connectivity index (χ0v) is 19.5. The van der Waals surface area contributed by atoms with Crippen LogP contribution in [0.1, 0.15) is 42.7 Å². The number of hydrogen-bond acceptors (Lipinski definition) is 8. The number of rotatable bonds is 4. The van der Waals surface area contributed by atoms with E-state index in [1.165, 1.54) is 0 Å². The largest absolute Gasteiger partial charge is 0.378 e. The van der Waals surface area contributed by atoms with Crippen LogP contribution in [0.25, 0.3) is 11.2 Å². The third-order valence-corrected chi connectivity index (χ3v) is 5.84. The summed E-state index contributed by atoms with van der Waals surface area (Å²) in [7, 11) is 0. The number of aromatic amines is 1. The van der Waals surface area contributed by atoms with Crippen LogP contribution < -0.4 is 15.1 Å². The molecule has 0 bridgehead atoms. The van der Waals surface area contributed by atoms with E-state index in [1.807, 2.05) is 26.8 Å². The lowest BCUT2D eigenvalue weighted by Gasteiger charge is -2.32. The molecule has 0 saturated carbocycles. The number of aromatic nitrogens is 5. The van der Waals surface area contributed by atoms with Gasteiger partial charge in [0.1, 0.15) is 17.5 Å². The molecule has 2 N–H and O–H groups in total. The second kappa shape index (κ2) is 10.6. The Morgan fingerprint density at radius 3 is 2.52 bits per heavy atom. The highest BCUT2D eigenvalue weighted by Gasteiger charge is 2.25. The fourth-order valence-corrected chi connectivity index (χ4v) is 4.07. The molecule has 0 unspecified atom stereocenters. The number of carbonyl (C=O) groups excluding carboxylic acids is 1. The molecule has 5 heterocycles. The topological polar surface area (TPSA) is 112 Å². The maximum Gasteiger partial charge on any atom is 0.270 e. The number of ether oxygens (including phenoxy) is 1. The Hall–Kier alpha value is -3.27. The lowest BCUT2D eigenvalue weighted by atomic mass is 10.1. The second-order valence-electron chi connectivity index (χ2n) is 8.01. The van der Waals surface area contributed by atoms with Gasteiger partial charge in [0.25, 0.3) is 5.91 Å². The van der Waals surface area contributed by atoms with Crippen molar-refractivity contribution in [3.05, 3.63) is 35.9 Å². The number of morpholine rings is 1. The summed E-state index contributed by atoms with van der Waals surface area (Å²) in [5, 5.41) is 3.11. The lowest BCUT2D eigenvalue weighted by molar-refractivity contribution is 0.0926. The number of nitrogens with one attached hydrogen (secondary N) is 2. The Morgan fingerprint density at radius 2 is 1.82 bits per heavy atom. The van der Waals surface area contributed by atoms with Gasteiger partial charge in [0.15, 0.2) is 11.5 Å². The Morgan fingerprint density at radius 1 is 1.06 bits per heavy atom. The summed E-state index contributed by atoms with van der Waals surface area (Å²) in [6, 6.07) is 3.79. The second-order valence-corrected chi connectivity index (χ2v) is 8.01. The molecule has 2 fully saturated rings. The van der Waals surface area contributed by atoms with Crippen LogP contribution in [0.2, 0.25) is 0 Å². The molecule has 3 aromatic rings. The van der Waals surface area contributed by atoms with Crippen LogP contribution >= 0.6 is 0 Å². The molecule has 2 aliphatic heterocycles. The van der Waals surface area contributed by atoms with E-state index in [0.29, 0.717) is 24.6 Å². The Kier molecular flexibility index (Phi) is 7.33. The van der Waals surface area contributed by atoms with Crippen LogP contribution in [-0.4, -0.2) is 76.3 Å². The number of aryl methyl sites for hydroxylation is 1. The van der Waals surface area contributed by atoms with Crippen molar-refractivity contribution >= 4 is 28.8 Å². The molecule has 1 amide bonds. The average Bonchev–Trinajstić information content (AvgIpc) is 3.31. The van der Waals surface area contributed by atoms with Gasteiger partial charge >= 0.3 is 0 Å². The molecular weight excluding hydrogens is 420 g/mol. The number of imidazole rings is 1. The predicted octanol–water partition coefficient (Wildman–Crippen LogP) is 2.32. The molecule has 0 radical (unpaired) electrons. The molecule has 3 aromatic heterocycles. The first-order chi connectivity index (χ1) is 16.2. The van der Waals surface area contributed by atoms with E-state index < -0.39 is 0 Å². The molecule has 176 valence electrons. The number of anilines is 2. The maximum absolute atomic E-state index is 12.4. The summed E-state index contributed by atoms with van der Waals surface area (Å²) in [6.45, 7) is 10.6. The quantitative estimate of drug-likeness (QED) is 0.620. The van der Waals surface area contributed by atoms with Gasteiger partial charge in [0.2, 0.25) is 5.95 Å². The molecule has 0 spiro atoms. The highest BCUT2D eigenvalue weighted by atomic mass is 16.5. The standard InChI is InChI=1S/C21H26N8O2.C2H6/c1-14-2-3-16(22-12-14)20(30)25-15-4-6-29(7-5-15)21-26-17-18(27-21)23-13-24-19(17)28-8-10-31-11-9-28;1-2/h2-3,12-13,15H,4-11H2,1H3,(H,25,30)(H,23,24,26,27);1-2H3. The van der Waals surface area contributed by atoms with E-state index in [2.05, 4.69) is 35.1 Å². The zero-order valence-electron chi connectivity index (χ0n) is 19.5. The maximum atomic E-state index is 12.4. The van der Waals surface area contributed by atoms with Crippen molar-refractivity contribution in [1.82, 2.24) is 30.2 Å². The summed E-state index contributed by atoms with van der Waals surface area (Å²) < 4.78 is 5.45. The fourth-order valence-electron chi connectivity index (χ4n) is 4.07. The van der Waals surface area contributed by atoms with Crippen molar-refractivity contribution < 1.29 is 9.53 Å². The van der Waals surface area contributed by atoms with Crippen LogP contribution in [0.3, 0.4) is 0 Å². The van der Waals surface area contributed by atoms with Crippen molar-refractivity contribution in [2.45, 2.75) is 39.7 Å². The molecule has 2 saturated heterocycles. The van der Waals surface area contributed by atoms with Gasteiger partial charge in [-0.3, -0.25) is 9.78 Å². The summed E-state index contributed by atoms with van der Waals surface area (Å²) in [4.78, 5) is 38.0. The summed E-state index contributed by atoms with van der Waals surface area (Å²) >= 11 is 0. The molecule has 33 heavy (non-hydrogen) atoms. The number of fused-ring (bicyclic) bond motifs is 1. The van der Waals surface area contributed by atoms with Crippen LogP contribution in [0.5, 0.6) is 0 Å². The molecule has 2 aliphatic rings. The van der Waals surface area contributed by atoms with E-state index in [-0.39, 0.29) is 11.9 Å². The van der Waals surface area contributed by atoms with Gasteiger partial charge in [-0.15, -0.1) is 0 Å². The highest BCUT2D eigenvalue weighted by molar-refractivity contribution is 5.92. The molecule has 5 rings (SSSR count). The van der Waals surface area contributed by atoms with Crippen molar-refractivity contribution in [2.24, 2.45) is 0 Å². The number of hydrogen-bond donors (Lipinski definition) is 2. The minimum atomic E-state index is -0.118. The van der Waals surface area contributed by atoms with E-state index >= 15 is 0 Å². The number of amides is 1. The number of nitrogens with zero attached hydrogens (tertiary/aromatic N) is 6. The summed E-state index contributed by atoms with van der Waals surface area (Å²) in [5.74, 6) is 1.56. The van der Waals surface area contributed by atoms with E-state index in [0.717, 1.165) is 61.9 Å². The van der Waals surface area contributed by atoms with Gasteiger partial charge in [-0.2, -0.15) is 4.98 Å². The normalized spacial score (nSPS) is 16.9. The van der Waals surface area contributed by atoms with E-state index in [1.54, 1.807) is 18.6 Å². The first-order valence-corrected chi connectivity index (χ1v) is 11.7. The van der Waals surface area contributed by atoms with Gasteiger partial charge in [-0.25, -0.2) is 9.97 Å². The van der Waals surface area contributed by atoms with E-state index in [4.69, 9.17) is 9.72 Å². The molecule has 10 heteroatoms. The van der Waals surface area contributed by atoms with Crippen LogP contribution in [0.4, 0.5) is 11.8 Å². The lowest BCUT2D eigenvalue weighted by Crippen LogP contribution is -2.45. The minimum absolute atomic E-state index is 0.118. The van der Waals surface area contributed by atoms with Gasteiger partial charge in [-0.1, -0.05) is 19.9 Å². The fraction of sp³-hybridized carbons (Fsp3) is 0.522. The number of piperidine rings is 1. The molecule has 10 nitrogen and oxygen atoms in total. The van der Waals surface area contributed by atoms with E-state index in [9.17, 15) is 4.79 Å². The Labute approximate surface area is 193 Å². The third kappa shape index (κ3) is 5.22. The summed E-state index contributed by atoms with van der Waals surface area (Å²) in [6.07, 6.45) is 4.97. The number of H-pyrrole nitrogens is 1. The molecular formula is C23H32N8O2. The zero-order chi connectivity index (χ0) is 23.2. The van der Waals surface area contributed by atoms with Crippen molar-refractivity contribution in [2.75, 3.05) is 49.2 Å². The van der Waals surface area contributed by atoms with Gasteiger partial charge < -0.3 is 24.8 Å². The molecule has 0 aliphatic carbocycles. The van der Waals surface area contributed by atoms with Crippen LogP contribution in [0.15, 0.2) is 24.7 Å². The minimum Gasteiger partial charge on any atom is -0.378 e. The van der Waals surface area contributed by atoms with Gasteiger partial charge in [-0.05, 0) is 31.4 Å². The van der Waals surface area contributed by atoms with Crippen LogP contribution in [-0.2, 0) is 4.74 Å². The molecule has 0 atom stereocenters. The first kappa shape index (κ1) is 22.9. The smallest absolute Gasteiger partial charge is 0.270 e. The number of carbonyl (C=O) groups is 1. The monoisotopic (exact) mass is 452 g/mol. The van der Waals surface area contributed by atoms with Gasteiger partial charge in [0.05, 0.1) is 13.2 Å². The average molecular weight is 453 g/mol. The first-order valence-electron chi connectivity index (χ1n) is 11.7. The number of pyridine rings is 1. The van der Waals surface area contributed by atoms with Gasteiger partial charge in [0, 0.05) is 38.4 Å². The van der Waals surface area contributed by atoms with Crippen molar-refractivity contribution in [3.8, 4) is 0 Å². The van der Waals surface area contributed by atoms with Crippen LogP contribution in [0, 0.1) is 6.92 Å². The Balaban J connectivity index is 0.00000126. The van der Waals surface area contributed by atoms with Crippen molar-refractivity contribution in [1.29, 1.82) is 0 Å².